The second kappa shape index (κ2) is 5.05. The highest BCUT2D eigenvalue weighted by Crippen LogP contribution is 2.33. The standard InChI is InChI=1S/C13H17FN2O2S2/c1-13(2)6-7-16(8-13)20(17,18)10-5-3-4-9(14)11(10)12(15)19/h3-5H,6-8H2,1-2H3,(H2,15,19). The Morgan fingerprint density at radius 2 is 2.10 bits per heavy atom. The zero-order valence-electron chi connectivity index (χ0n) is 11.4. The monoisotopic (exact) mass is 316 g/mol. The molecule has 2 rings (SSSR count). The average molecular weight is 316 g/mol. The minimum Gasteiger partial charge on any atom is -0.389 e. The average Bonchev–Trinajstić information content (AvgIpc) is 2.69. The van der Waals surface area contributed by atoms with Gasteiger partial charge in [0, 0.05) is 13.1 Å². The van der Waals surface area contributed by atoms with Gasteiger partial charge < -0.3 is 5.73 Å². The second-order valence-corrected chi connectivity index (χ2v) is 8.08. The van der Waals surface area contributed by atoms with Crippen LogP contribution in [0.1, 0.15) is 25.8 Å². The van der Waals surface area contributed by atoms with Crippen LogP contribution in [0.2, 0.25) is 0 Å². The summed E-state index contributed by atoms with van der Waals surface area (Å²) in [6, 6.07) is 3.85. The normalized spacial score (nSPS) is 19.1. The second-order valence-electron chi connectivity index (χ2n) is 5.73. The molecule has 0 spiro atoms. The van der Waals surface area contributed by atoms with Gasteiger partial charge in [0.2, 0.25) is 10.0 Å². The first kappa shape index (κ1) is 15.3. The molecule has 1 aromatic rings. The smallest absolute Gasteiger partial charge is 0.243 e. The Balaban J connectivity index is 2.51. The molecule has 0 saturated carbocycles. The maximum atomic E-state index is 13.8. The Kier molecular flexibility index (Phi) is 3.88. The third-order valence-corrected chi connectivity index (χ3v) is 5.57. The van der Waals surface area contributed by atoms with Crippen LogP contribution in [0, 0.1) is 11.2 Å². The third-order valence-electron chi connectivity index (χ3n) is 3.48. The van der Waals surface area contributed by atoms with Gasteiger partial charge in [-0.15, -0.1) is 0 Å². The Morgan fingerprint density at radius 3 is 2.60 bits per heavy atom. The minimum atomic E-state index is -3.78. The summed E-state index contributed by atoms with van der Waals surface area (Å²) < 4.78 is 40.5. The molecule has 2 N–H and O–H groups in total. The highest BCUT2D eigenvalue weighted by Gasteiger charge is 2.38. The molecule has 0 radical (unpaired) electrons. The molecule has 0 aliphatic carbocycles. The van der Waals surface area contributed by atoms with Gasteiger partial charge in [-0.05, 0) is 24.0 Å². The van der Waals surface area contributed by atoms with E-state index in [-0.39, 0.29) is 20.9 Å². The SMILES string of the molecule is CC1(C)CCN(S(=O)(=O)c2cccc(F)c2C(N)=S)C1. The number of nitrogens with two attached hydrogens (primary N) is 1. The number of hydrogen-bond acceptors (Lipinski definition) is 3. The first-order valence-corrected chi connectivity index (χ1v) is 8.08. The lowest BCUT2D eigenvalue weighted by atomic mass is 9.93. The van der Waals surface area contributed by atoms with E-state index >= 15 is 0 Å². The fraction of sp³-hybridized carbons (Fsp3) is 0.462. The van der Waals surface area contributed by atoms with Gasteiger partial charge in [-0.1, -0.05) is 32.1 Å². The largest absolute Gasteiger partial charge is 0.389 e. The zero-order valence-corrected chi connectivity index (χ0v) is 13.0. The van der Waals surface area contributed by atoms with E-state index in [9.17, 15) is 12.8 Å². The minimum absolute atomic E-state index is 0.0796. The molecular formula is C13H17FN2O2S2. The topological polar surface area (TPSA) is 63.4 Å². The molecule has 110 valence electrons. The predicted molar refractivity (Wildman–Crippen MR) is 79.4 cm³/mol. The molecule has 0 unspecified atom stereocenters. The van der Waals surface area contributed by atoms with Crippen molar-refractivity contribution in [1.82, 2.24) is 4.31 Å². The number of thiocarbonyl (C=S) groups is 1. The van der Waals surface area contributed by atoms with Crippen LogP contribution in [0.15, 0.2) is 23.1 Å². The van der Waals surface area contributed by atoms with Gasteiger partial charge in [0.25, 0.3) is 0 Å². The van der Waals surface area contributed by atoms with Crippen LogP contribution in [0.25, 0.3) is 0 Å². The Morgan fingerprint density at radius 1 is 1.45 bits per heavy atom. The van der Waals surface area contributed by atoms with Crippen molar-refractivity contribution in [3.05, 3.63) is 29.6 Å². The van der Waals surface area contributed by atoms with Gasteiger partial charge in [0.05, 0.1) is 10.5 Å². The first-order valence-electron chi connectivity index (χ1n) is 6.24. The number of nitrogens with zero attached hydrogens (tertiary/aromatic N) is 1. The number of benzene rings is 1. The fourth-order valence-electron chi connectivity index (χ4n) is 2.37. The first-order chi connectivity index (χ1) is 9.15. The van der Waals surface area contributed by atoms with Crippen molar-refractivity contribution in [3.8, 4) is 0 Å². The maximum Gasteiger partial charge on any atom is 0.243 e. The summed E-state index contributed by atoms with van der Waals surface area (Å²) in [7, 11) is -3.78. The number of hydrogen-bond donors (Lipinski definition) is 1. The quantitative estimate of drug-likeness (QED) is 0.865. The van der Waals surface area contributed by atoms with Crippen molar-refractivity contribution in [2.75, 3.05) is 13.1 Å². The van der Waals surface area contributed by atoms with Crippen LogP contribution < -0.4 is 5.73 Å². The van der Waals surface area contributed by atoms with Gasteiger partial charge in [0.15, 0.2) is 0 Å². The van der Waals surface area contributed by atoms with Crippen LogP contribution >= 0.6 is 12.2 Å². The molecule has 1 aliphatic heterocycles. The van der Waals surface area contributed by atoms with E-state index in [2.05, 4.69) is 0 Å². The number of sulfonamides is 1. The van der Waals surface area contributed by atoms with E-state index in [0.717, 1.165) is 12.5 Å². The summed E-state index contributed by atoms with van der Waals surface area (Å²) in [5, 5.41) is 0. The highest BCUT2D eigenvalue weighted by atomic mass is 32.2. The number of rotatable bonds is 3. The lowest BCUT2D eigenvalue weighted by molar-refractivity contribution is 0.375. The lowest BCUT2D eigenvalue weighted by Crippen LogP contribution is -2.32. The summed E-state index contributed by atoms with van der Waals surface area (Å²) in [6.07, 6.45) is 0.768. The summed E-state index contributed by atoms with van der Waals surface area (Å²) in [5.74, 6) is -0.711. The molecule has 0 bridgehead atoms. The predicted octanol–water partition coefficient (Wildman–Crippen LogP) is 1.88. The van der Waals surface area contributed by atoms with E-state index in [1.807, 2.05) is 13.8 Å². The molecular weight excluding hydrogens is 299 g/mol. The molecule has 0 aromatic heterocycles. The molecule has 0 atom stereocenters. The molecule has 7 heteroatoms. The van der Waals surface area contributed by atoms with Crippen molar-refractivity contribution < 1.29 is 12.8 Å². The van der Waals surface area contributed by atoms with Gasteiger partial charge >= 0.3 is 0 Å². The summed E-state index contributed by atoms with van der Waals surface area (Å²) in [4.78, 5) is -0.400. The van der Waals surface area contributed by atoms with E-state index in [1.165, 1.54) is 16.4 Å². The van der Waals surface area contributed by atoms with Crippen LogP contribution in [-0.4, -0.2) is 30.8 Å². The molecule has 4 nitrogen and oxygen atoms in total. The lowest BCUT2D eigenvalue weighted by Gasteiger charge is -2.21. The van der Waals surface area contributed by atoms with E-state index in [0.29, 0.717) is 13.1 Å². The van der Waals surface area contributed by atoms with Gasteiger partial charge in [0.1, 0.15) is 10.8 Å². The van der Waals surface area contributed by atoms with Crippen LogP contribution in [-0.2, 0) is 10.0 Å². The molecule has 20 heavy (non-hydrogen) atoms. The van der Waals surface area contributed by atoms with Gasteiger partial charge in [-0.25, -0.2) is 12.8 Å². The van der Waals surface area contributed by atoms with E-state index < -0.39 is 15.8 Å². The molecule has 1 aromatic carbocycles. The number of halogens is 1. The Labute approximate surface area is 123 Å². The van der Waals surface area contributed by atoms with Gasteiger partial charge in [-0.2, -0.15) is 4.31 Å². The van der Waals surface area contributed by atoms with E-state index in [1.54, 1.807) is 0 Å². The van der Waals surface area contributed by atoms with Gasteiger partial charge in [-0.3, -0.25) is 0 Å². The van der Waals surface area contributed by atoms with Crippen molar-refractivity contribution in [1.29, 1.82) is 0 Å². The van der Waals surface area contributed by atoms with Crippen molar-refractivity contribution in [2.24, 2.45) is 11.1 Å². The van der Waals surface area contributed by atoms with Crippen LogP contribution in [0.3, 0.4) is 0 Å². The molecule has 1 fully saturated rings. The van der Waals surface area contributed by atoms with Crippen molar-refractivity contribution in [2.45, 2.75) is 25.2 Å². The summed E-state index contributed by atoms with van der Waals surface area (Å²) >= 11 is 4.78. The maximum absolute atomic E-state index is 13.8. The Hall–Kier alpha value is -1.05. The molecule has 1 heterocycles. The van der Waals surface area contributed by atoms with Crippen molar-refractivity contribution >= 4 is 27.2 Å². The highest BCUT2D eigenvalue weighted by molar-refractivity contribution is 7.89. The zero-order chi connectivity index (χ0) is 15.1. The molecule has 0 amide bonds. The molecule has 1 saturated heterocycles. The Bertz CT molecular complexity index is 656. The van der Waals surface area contributed by atoms with Crippen LogP contribution in [0.4, 0.5) is 4.39 Å². The van der Waals surface area contributed by atoms with Crippen molar-refractivity contribution in [3.63, 3.8) is 0 Å². The summed E-state index contributed by atoms with van der Waals surface area (Å²) in [6.45, 7) is 4.83. The van der Waals surface area contributed by atoms with Crippen LogP contribution in [0.5, 0.6) is 0 Å². The summed E-state index contributed by atoms with van der Waals surface area (Å²) in [5.41, 5.74) is 5.19. The third kappa shape index (κ3) is 2.70. The molecule has 1 aliphatic rings. The fourth-order valence-corrected chi connectivity index (χ4v) is 4.48. The van der Waals surface area contributed by atoms with E-state index in [4.69, 9.17) is 18.0 Å².